The molecule has 2 N–H and O–H groups in total. The molecule has 23 heavy (non-hydrogen) atoms. The molecule has 0 amide bonds. The highest BCUT2D eigenvalue weighted by Crippen LogP contribution is 2.20. The van der Waals surface area contributed by atoms with Crippen LogP contribution in [0.5, 0.6) is 5.75 Å². The number of rotatable bonds is 6. The molecule has 1 unspecified atom stereocenters. The molecule has 3 rings (SSSR count). The third-order valence-electron chi connectivity index (χ3n) is 3.18. The SMILES string of the molecule is O=c1ccc2ccc(OCc3cn(CC(O)CO)nn3)cc2o1. The van der Waals surface area contributed by atoms with Gasteiger partial charge >= 0.3 is 5.63 Å². The third-order valence-corrected chi connectivity index (χ3v) is 3.18. The molecule has 1 atom stereocenters. The van der Waals surface area contributed by atoms with E-state index in [4.69, 9.17) is 14.3 Å². The summed E-state index contributed by atoms with van der Waals surface area (Å²) in [4.78, 5) is 11.2. The number of aliphatic hydroxyl groups is 2. The van der Waals surface area contributed by atoms with Gasteiger partial charge in [-0.05, 0) is 18.2 Å². The Morgan fingerprint density at radius 2 is 2.13 bits per heavy atom. The molecule has 0 saturated heterocycles. The molecule has 0 spiro atoms. The third kappa shape index (κ3) is 3.74. The van der Waals surface area contributed by atoms with Gasteiger partial charge in [0.2, 0.25) is 0 Å². The highest BCUT2D eigenvalue weighted by atomic mass is 16.5. The molecule has 0 bridgehead atoms. The minimum atomic E-state index is -0.881. The molecule has 0 aliphatic rings. The summed E-state index contributed by atoms with van der Waals surface area (Å²) in [7, 11) is 0. The molecule has 1 aromatic carbocycles. The fraction of sp³-hybridized carbons (Fsp3) is 0.267. The Morgan fingerprint density at radius 3 is 2.96 bits per heavy atom. The normalized spacial score (nSPS) is 12.4. The number of ether oxygens (including phenoxy) is 1. The zero-order chi connectivity index (χ0) is 16.2. The number of aliphatic hydroxyl groups excluding tert-OH is 2. The van der Waals surface area contributed by atoms with E-state index in [-0.39, 0.29) is 19.8 Å². The minimum absolute atomic E-state index is 0.157. The predicted molar refractivity (Wildman–Crippen MR) is 79.9 cm³/mol. The number of aromatic nitrogens is 3. The van der Waals surface area contributed by atoms with Crippen molar-refractivity contribution in [2.75, 3.05) is 6.61 Å². The first-order chi connectivity index (χ1) is 11.1. The molecule has 0 aliphatic carbocycles. The monoisotopic (exact) mass is 317 g/mol. The maximum Gasteiger partial charge on any atom is 0.336 e. The van der Waals surface area contributed by atoms with E-state index in [1.54, 1.807) is 30.5 Å². The van der Waals surface area contributed by atoms with E-state index in [0.717, 1.165) is 5.39 Å². The lowest BCUT2D eigenvalue weighted by Crippen LogP contribution is -2.20. The molecule has 8 nitrogen and oxygen atoms in total. The lowest BCUT2D eigenvalue weighted by atomic mass is 10.2. The highest BCUT2D eigenvalue weighted by Gasteiger charge is 2.07. The molecule has 3 aromatic rings. The first kappa shape index (κ1) is 15.2. The van der Waals surface area contributed by atoms with Gasteiger partial charge in [0.15, 0.2) is 0 Å². The summed E-state index contributed by atoms with van der Waals surface area (Å²) >= 11 is 0. The quantitative estimate of drug-likeness (QED) is 0.630. The molecular weight excluding hydrogens is 302 g/mol. The van der Waals surface area contributed by atoms with Crippen LogP contribution in [0, 0.1) is 0 Å². The summed E-state index contributed by atoms with van der Waals surface area (Å²) < 4.78 is 12.1. The van der Waals surface area contributed by atoms with Gasteiger partial charge in [-0.3, -0.25) is 0 Å². The highest BCUT2D eigenvalue weighted by molar-refractivity contribution is 5.77. The lowest BCUT2D eigenvalue weighted by Gasteiger charge is -2.05. The van der Waals surface area contributed by atoms with E-state index in [0.29, 0.717) is 17.0 Å². The minimum Gasteiger partial charge on any atom is -0.487 e. The van der Waals surface area contributed by atoms with Crippen LogP contribution in [0.15, 0.2) is 45.7 Å². The number of fused-ring (bicyclic) bond motifs is 1. The van der Waals surface area contributed by atoms with Crippen molar-refractivity contribution in [1.29, 1.82) is 0 Å². The van der Waals surface area contributed by atoms with Gasteiger partial charge in [-0.15, -0.1) is 5.10 Å². The summed E-state index contributed by atoms with van der Waals surface area (Å²) in [6.07, 6.45) is 0.744. The number of benzene rings is 1. The van der Waals surface area contributed by atoms with Gasteiger partial charge in [-0.25, -0.2) is 9.48 Å². The summed E-state index contributed by atoms with van der Waals surface area (Å²) in [6.45, 7) is -0.00356. The lowest BCUT2D eigenvalue weighted by molar-refractivity contribution is 0.0778. The van der Waals surface area contributed by atoms with Crippen molar-refractivity contribution >= 4 is 11.0 Å². The fourth-order valence-electron chi connectivity index (χ4n) is 2.06. The van der Waals surface area contributed by atoms with Crippen LogP contribution in [0.3, 0.4) is 0 Å². The molecule has 2 aromatic heterocycles. The van der Waals surface area contributed by atoms with Gasteiger partial charge in [0.1, 0.15) is 23.6 Å². The molecule has 8 heteroatoms. The largest absolute Gasteiger partial charge is 0.487 e. The second kappa shape index (κ2) is 6.59. The van der Waals surface area contributed by atoms with Crippen molar-refractivity contribution in [3.05, 3.63) is 52.6 Å². The van der Waals surface area contributed by atoms with Gasteiger partial charge in [-0.1, -0.05) is 5.21 Å². The zero-order valence-corrected chi connectivity index (χ0v) is 12.1. The summed E-state index contributed by atoms with van der Waals surface area (Å²) in [5.74, 6) is 0.539. The second-order valence-electron chi connectivity index (χ2n) is 5.01. The van der Waals surface area contributed by atoms with Crippen LogP contribution in [0.1, 0.15) is 5.69 Å². The zero-order valence-electron chi connectivity index (χ0n) is 12.1. The van der Waals surface area contributed by atoms with Crippen LogP contribution >= 0.6 is 0 Å². The Kier molecular flexibility index (Phi) is 4.35. The Labute approximate surface area is 130 Å². The van der Waals surface area contributed by atoms with E-state index in [1.807, 2.05) is 0 Å². The summed E-state index contributed by atoms with van der Waals surface area (Å²) in [6, 6.07) is 8.24. The van der Waals surface area contributed by atoms with E-state index in [2.05, 4.69) is 10.3 Å². The van der Waals surface area contributed by atoms with Crippen LogP contribution in [0.4, 0.5) is 0 Å². The van der Waals surface area contributed by atoms with E-state index in [9.17, 15) is 9.90 Å². The predicted octanol–water partition coefficient (Wildman–Crippen LogP) is 0.317. The molecule has 0 saturated carbocycles. The molecule has 0 radical (unpaired) electrons. The Balaban J connectivity index is 1.67. The Hall–Kier alpha value is -2.71. The molecular formula is C15H15N3O5. The standard InChI is InChI=1S/C15H15N3O5/c19-8-12(20)7-18-6-11(16-17-18)9-22-13-3-1-10-2-4-15(21)23-14(10)5-13/h1-6,12,19-20H,7-9H2. The van der Waals surface area contributed by atoms with Crippen LogP contribution in [-0.4, -0.2) is 37.9 Å². The molecule has 120 valence electrons. The summed E-state index contributed by atoms with van der Waals surface area (Å²) in [5.41, 5.74) is 0.606. The fourth-order valence-corrected chi connectivity index (χ4v) is 2.06. The van der Waals surface area contributed by atoms with E-state index < -0.39 is 11.7 Å². The summed E-state index contributed by atoms with van der Waals surface area (Å²) in [5, 5.41) is 26.7. The van der Waals surface area contributed by atoms with E-state index in [1.165, 1.54) is 10.7 Å². The topological polar surface area (TPSA) is 111 Å². The van der Waals surface area contributed by atoms with Crippen molar-refractivity contribution in [2.45, 2.75) is 19.3 Å². The van der Waals surface area contributed by atoms with Crippen LogP contribution in [0.2, 0.25) is 0 Å². The first-order valence-electron chi connectivity index (χ1n) is 6.99. The van der Waals surface area contributed by atoms with Crippen LogP contribution in [-0.2, 0) is 13.2 Å². The smallest absolute Gasteiger partial charge is 0.336 e. The Morgan fingerprint density at radius 1 is 1.30 bits per heavy atom. The molecule has 0 fully saturated rings. The molecule has 0 aliphatic heterocycles. The van der Waals surface area contributed by atoms with Crippen molar-refractivity contribution in [3.8, 4) is 5.75 Å². The molecule has 2 heterocycles. The maximum atomic E-state index is 11.2. The van der Waals surface area contributed by atoms with Crippen molar-refractivity contribution in [3.63, 3.8) is 0 Å². The maximum absolute atomic E-state index is 11.2. The van der Waals surface area contributed by atoms with E-state index >= 15 is 0 Å². The van der Waals surface area contributed by atoms with Gasteiger partial charge in [0.05, 0.1) is 25.5 Å². The number of hydrogen-bond acceptors (Lipinski definition) is 7. The van der Waals surface area contributed by atoms with Gasteiger partial charge in [-0.2, -0.15) is 0 Å². The van der Waals surface area contributed by atoms with Crippen molar-refractivity contribution < 1.29 is 19.4 Å². The van der Waals surface area contributed by atoms with Gasteiger partial charge in [0.25, 0.3) is 0 Å². The van der Waals surface area contributed by atoms with Crippen LogP contribution in [0.25, 0.3) is 11.0 Å². The average Bonchev–Trinajstić information content (AvgIpc) is 2.99. The van der Waals surface area contributed by atoms with Gasteiger partial charge in [0, 0.05) is 17.5 Å². The Bertz CT molecular complexity index is 857. The first-order valence-corrected chi connectivity index (χ1v) is 6.99. The van der Waals surface area contributed by atoms with Gasteiger partial charge < -0.3 is 19.4 Å². The average molecular weight is 317 g/mol. The van der Waals surface area contributed by atoms with Crippen molar-refractivity contribution in [1.82, 2.24) is 15.0 Å². The number of nitrogens with zero attached hydrogens (tertiary/aromatic N) is 3. The van der Waals surface area contributed by atoms with Crippen molar-refractivity contribution in [2.24, 2.45) is 0 Å². The van der Waals surface area contributed by atoms with Crippen LogP contribution < -0.4 is 10.4 Å². The number of hydrogen-bond donors (Lipinski definition) is 2. The second-order valence-corrected chi connectivity index (χ2v) is 5.01.